The van der Waals surface area contributed by atoms with Gasteiger partial charge in [-0.15, -0.1) is 11.3 Å². The summed E-state index contributed by atoms with van der Waals surface area (Å²) in [6, 6.07) is 15.3. The highest BCUT2D eigenvalue weighted by Gasteiger charge is 2.09. The van der Waals surface area contributed by atoms with E-state index in [1.165, 1.54) is 18.3 Å². The molecule has 2 aromatic carbocycles. The molecule has 0 saturated heterocycles. The number of amides is 1. The molecule has 0 aliphatic rings. The first-order valence-corrected chi connectivity index (χ1v) is 8.27. The summed E-state index contributed by atoms with van der Waals surface area (Å²) < 4.78 is 5.38. The van der Waals surface area contributed by atoms with Gasteiger partial charge in [0.15, 0.2) is 5.13 Å². The number of carbonyl (C=O) groups is 1. The van der Waals surface area contributed by atoms with Crippen molar-refractivity contribution in [1.82, 2.24) is 4.98 Å². The minimum absolute atomic E-state index is 0.0860. The maximum atomic E-state index is 11.0. The summed E-state index contributed by atoms with van der Waals surface area (Å²) in [6.07, 6.45) is 0. The highest BCUT2D eigenvalue weighted by Crippen LogP contribution is 2.32. The van der Waals surface area contributed by atoms with Gasteiger partial charge < -0.3 is 15.4 Å². The molecule has 122 valence electrons. The second-order valence-electron chi connectivity index (χ2n) is 5.12. The molecule has 6 heteroatoms. The van der Waals surface area contributed by atoms with Gasteiger partial charge in [0.1, 0.15) is 5.75 Å². The normalized spacial score (nSPS) is 10.2. The van der Waals surface area contributed by atoms with Crippen LogP contribution in [0.3, 0.4) is 0 Å². The van der Waals surface area contributed by atoms with Crippen LogP contribution >= 0.6 is 11.3 Å². The molecule has 3 aromatic rings. The van der Waals surface area contributed by atoms with Crippen LogP contribution in [0.25, 0.3) is 11.3 Å². The summed E-state index contributed by atoms with van der Waals surface area (Å²) in [5, 5.41) is 8.79. The predicted octanol–water partition coefficient (Wildman–Crippen LogP) is 4.52. The molecule has 5 nitrogen and oxygen atoms in total. The molecule has 2 N–H and O–H groups in total. The zero-order valence-electron chi connectivity index (χ0n) is 13.4. The zero-order valence-corrected chi connectivity index (χ0v) is 14.2. The van der Waals surface area contributed by atoms with Crippen molar-refractivity contribution in [3.8, 4) is 17.0 Å². The second-order valence-corrected chi connectivity index (χ2v) is 5.98. The Bertz CT molecular complexity index is 843. The molecular weight excluding hydrogens is 322 g/mol. The van der Waals surface area contributed by atoms with Gasteiger partial charge in [0.05, 0.1) is 12.8 Å². The number of nitrogens with zero attached hydrogens (tertiary/aromatic N) is 1. The van der Waals surface area contributed by atoms with Crippen molar-refractivity contribution >= 4 is 33.8 Å². The van der Waals surface area contributed by atoms with Crippen molar-refractivity contribution in [1.29, 1.82) is 0 Å². The van der Waals surface area contributed by atoms with E-state index in [1.807, 2.05) is 53.9 Å². The minimum atomic E-state index is -0.0860. The first kappa shape index (κ1) is 16.0. The third-order valence-corrected chi connectivity index (χ3v) is 4.10. The molecule has 0 aliphatic carbocycles. The number of rotatable bonds is 5. The Hall–Kier alpha value is -2.86. The summed E-state index contributed by atoms with van der Waals surface area (Å²) in [5.74, 6) is 0.714. The van der Waals surface area contributed by atoms with Gasteiger partial charge in [0, 0.05) is 29.2 Å². The van der Waals surface area contributed by atoms with E-state index in [0.717, 1.165) is 33.5 Å². The standard InChI is InChI=1S/C18H17N3O2S/c1-12(22)19-13-7-9-14(10-8-13)20-18-21-16(11-24-18)15-5-3-4-6-17(15)23-2/h3-11H,1-2H3,(H,19,22)(H,20,21). The van der Waals surface area contributed by atoms with Crippen molar-refractivity contribution in [3.05, 3.63) is 53.9 Å². The lowest BCUT2D eigenvalue weighted by Gasteiger charge is -2.06. The van der Waals surface area contributed by atoms with Gasteiger partial charge in [0.25, 0.3) is 0 Å². The molecular formula is C18H17N3O2S. The Morgan fingerprint density at radius 3 is 2.50 bits per heavy atom. The number of para-hydroxylation sites is 1. The third-order valence-electron chi connectivity index (χ3n) is 3.34. The summed E-state index contributed by atoms with van der Waals surface area (Å²) >= 11 is 1.53. The number of ether oxygens (including phenoxy) is 1. The van der Waals surface area contributed by atoms with Crippen molar-refractivity contribution in [2.75, 3.05) is 17.7 Å². The summed E-state index contributed by atoms with van der Waals surface area (Å²) in [6.45, 7) is 1.49. The number of anilines is 3. The number of carbonyl (C=O) groups excluding carboxylic acids is 1. The van der Waals surface area contributed by atoms with Crippen LogP contribution in [-0.2, 0) is 4.79 Å². The van der Waals surface area contributed by atoms with Gasteiger partial charge in [-0.2, -0.15) is 0 Å². The summed E-state index contributed by atoms with van der Waals surface area (Å²) in [5.41, 5.74) is 3.51. The van der Waals surface area contributed by atoms with Crippen LogP contribution in [-0.4, -0.2) is 18.0 Å². The molecule has 1 heterocycles. The van der Waals surface area contributed by atoms with Gasteiger partial charge in [-0.3, -0.25) is 4.79 Å². The average Bonchev–Trinajstić information content (AvgIpc) is 3.04. The molecule has 0 unspecified atom stereocenters. The molecule has 3 rings (SSSR count). The van der Waals surface area contributed by atoms with E-state index >= 15 is 0 Å². The van der Waals surface area contributed by atoms with E-state index in [1.54, 1.807) is 7.11 Å². The molecule has 0 spiro atoms. The molecule has 24 heavy (non-hydrogen) atoms. The lowest BCUT2D eigenvalue weighted by Crippen LogP contribution is -2.05. The molecule has 0 fully saturated rings. The number of aromatic nitrogens is 1. The van der Waals surface area contributed by atoms with Crippen molar-refractivity contribution in [2.45, 2.75) is 6.92 Å². The van der Waals surface area contributed by atoms with E-state index in [9.17, 15) is 4.79 Å². The minimum Gasteiger partial charge on any atom is -0.496 e. The van der Waals surface area contributed by atoms with E-state index in [4.69, 9.17) is 4.74 Å². The lowest BCUT2D eigenvalue weighted by molar-refractivity contribution is -0.114. The third kappa shape index (κ3) is 3.72. The highest BCUT2D eigenvalue weighted by molar-refractivity contribution is 7.14. The van der Waals surface area contributed by atoms with E-state index in [-0.39, 0.29) is 5.91 Å². The first-order chi connectivity index (χ1) is 11.7. The van der Waals surface area contributed by atoms with Gasteiger partial charge in [-0.1, -0.05) is 12.1 Å². The van der Waals surface area contributed by atoms with Gasteiger partial charge in [-0.25, -0.2) is 4.98 Å². The molecule has 0 bridgehead atoms. The zero-order chi connectivity index (χ0) is 16.9. The SMILES string of the molecule is COc1ccccc1-c1csc(Nc2ccc(NC(C)=O)cc2)n1. The van der Waals surface area contributed by atoms with Crippen LogP contribution in [0.5, 0.6) is 5.75 Å². The molecule has 0 aliphatic heterocycles. The maximum absolute atomic E-state index is 11.0. The number of hydrogen-bond donors (Lipinski definition) is 2. The van der Waals surface area contributed by atoms with Crippen LogP contribution in [0.15, 0.2) is 53.9 Å². The largest absolute Gasteiger partial charge is 0.496 e. The first-order valence-electron chi connectivity index (χ1n) is 7.39. The van der Waals surface area contributed by atoms with E-state index < -0.39 is 0 Å². The second kappa shape index (κ2) is 7.14. The number of benzene rings is 2. The quantitative estimate of drug-likeness (QED) is 0.717. The van der Waals surface area contributed by atoms with Crippen LogP contribution in [0, 0.1) is 0 Å². The number of methoxy groups -OCH3 is 1. The smallest absolute Gasteiger partial charge is 0.221 e. The predicted molar refractivity (Wildman–Crippen MR) is 98.1 cm³/mol. The van der Waals surface area contributed by atoms with E-state index in [2.05, 4.69) is 15.6 Å². The molecule has 0 radical (unpaired) electrons. The Morgan fingerprint density at radius 2 is 1.79 bits per heavy atom. The highest BCUT2D eigenvalue weighted by atomic mass is 32.1. The van der Waals surface area contributed by atoms with Gasteiger partial charge >= 0.3 is 0 Å². The van der Waals surface area contributed by atoms with Crippen LogP contribution in [0.4, 0.5) is 16.5 Å². The van der Waals surface area contributed by atoms with Crippen LogP contribution in [0.2, 0.25) is 0 Å². The Kier molecular flexibility index (Phi) is 4.77. The Morgan fingerprint density at radius 1 is 1.08 bits per heavy atom. The maximum Gasteiger partial charge on any atom is 0.221 e. The number of hydrogen-bond acceptors (Lipinski definition) is 5. The van der Waals surface area contributed by atoms with Gasteiger partial charge in [-0.05, 0) is 36.4 Å². The van der Waals surface area contributed by atoms with Crippen LogP contribution < -0.4 is 15.4 Å². The molecule has 1 aromatic heterocycles. The van der Waals surface area contributed by atoms with Crippen LogP contribution in [0.1, 0.15) is 6.92 Å². The molecule has 0 atom stereocenters. The topological polar surface area (TPSA) is 63.2 Å². The number of thiazole rings is 1. The molecule has 0 saturated carbocycles. The fraction of sp³-hybridized carbons (Fsp3) is 0.111. The summed E-state index contributed by atoms with van der Waals surface area (Å²) in [7, 11) is 1.65. The monoisotopic (exact) mass is 339 g/mol. The number of nitrogens with one attached hydrogen (secondary N) is 2. The van der Waals surface area contributed by atoms with E-state index in [0.29, 0.717) is 0 Å². The van der Waals surface area contributed by atoms with Gasteiger partial charge in [0.2, 0.25) is 5.91 Å². The molecule has 1 amide bonds. The fourth-order valence-electron chi connectivity index (χ4n) is 2.27. The lowest BCUT2D eigenvalue weighted by atomic mass is 10.1. The Balaban J connectivity index is 1.75. The Labute approximate surface area is 144 Å². The fourth-order valence-corrected chi connectivity index (χ4v) is 3.01. The van der Waals surface area contributed by atoms with Crippen molar-refractivity contribution in [3.63, 3.8) is 0 Å². The summed E-state index contributed by atoms with van der Waals surface area (Å²) in [4.78, 5) is 15.6. The van der Waals surface area contributed by atoms with Crippen molar-refractivity contribution < 1.29 is 9.53 Å². The van der Waals surface area contributed by atoms with Crippen molar-refractivity contribution in [2.24, 2.45) is 0 Å². The average molecular weight is 339 g/mol.